The third-order valence-electron chi connectivity index (χ3n) is 1.29. The van der Waals surface area contributed by atoms with Gasteiger partial charge in [0.25, 0.3) is 0 Å². The van der Waals surface area contributed by atoms with Crippen LogP contribution in [-0.4, -0.2) is 40.7 Å². The van der Waals surface area contributed by atoms with Crippen molar-refractivity contribution in [1.29, 1.82) is 0 Å². The number of aliphatic carboxylic acids is 2. The van der Waals surface area contributed by atoms with Crippen molar-refractivity contribution in [2.24, 2.45) is 0 Å². The molecular formula is C6H13NO5. The maximum atomic E-state index is 10.3. The Kier molecular flexibility index (Phi) is 7.36. The van der Waals surface area contributed by atoms with Crippen molar-refractivity contribution in [3.63, 3.8) is 0 Å². The molecule has 1 atom stereocenters. The van der Waals surface area contributed by atoms with Gasteiger partial charge in [-0.2, -0.15) is 0 Å². The molecule has 0 aromatic carbocycles. The Labute approximate surface area is 69.5 Å². The Morgan fingerprint density at radius 2 is 1.92 bits per heavy atom. The number of likely N-dealkylation sites (N-methyl/N-ethyl adjacent to an activating group) is 1. The van der Waals surface area contributed by atoms with Gasteiger partial charge in [-0.3, -0.25) is 9.59 Å². The van der Waals surface area contributed by atoms with Gasteiger partial charge in [-0.05, 0) is 13.5 Å². The van der Waals surface area contributed by atoms with Crippen LogP contribution < -0.4 is 5.32 Å². The van der Waals surface area contributed by atoms with E-state index in [1.807, 2.05) is 0 Å². The molecule has 0 amide bonds. The van der Waals surface area contributed by atoms with Gasteiger partial charge in [0.1, 0.15) is 6.04 Å². The molecule has 6 nitrogen and oxygen atoms in total. The fourth-order valence-corrected chi connectivity index (χ4v) is 0.659. The second-order valence-corrected chi connectivity index (χ2v) is 2.11. The molecule has 0 saturated heterocycles. The highest BCUT2D eigenvalue weighted by Gasteiger charge is 2.15. The van der Waals surface area contributed by atoms with Crippen LogP contribution in [0.2, 0.25) is 0 Å². The standard InChI is InChI=1S/C6H11NO4.H2O/c1-7-4(6(10)11)2-3-5(8)9;/h4,7H,2-3H2,1H3,(H,8,9)(H,10,11);1H2/t4-;/m0./s1. The average molecular weight is 179 g/mol. The molecule has 0 unspecified atom stereocenters. The van der Waals surface area contributed by atoms with Crippen LogP contribution in [0.4, 0.5) is 0 Å². The monoisotopic (exact) mass is 179 g/mol. The van der Waals surface area contributed by atoms with Crippen LogP contribution in [0.25, 0.3) is 0 Å². The zero-order valence-electron chi connectivity index (χ0n) is 6.70. The first-order valence-corrected chi connectivity index (χ1v) is 3.19. The fourth-order valence-electron chi connectivity index (χ4n) is 0.659. The Bertz CT molecular complexity index is 158. The average Bonchev–Trinajstić information content (AvgIpc) is 1.87. The minimum absolute atomic E-state index is 0. The first-order chi connectivity index (χ1) is 5.07. The molecule has 72 valence electrons. The summed E-state index contributed by atoms with van der Waals surface area (Å²) in [5.74, 6) is -2.00. The van der Waals surface area contributed by atoms with Gasteiger partial charge in [-0.1, -0.05) is 0 Å². The van der Waals surface area contributed by atoms with E-state index in [0.29, 0.717) is 0 Å². The van der Waals surface area contributed by atoms with Gasteiger partial charge in [0.15, 0.2) is 0 Å². The molecule has 0 saturated carbocycles. The fraction of sp³-hybridized carbons (Fsp3) is 0.667. The third kappa shape index (κ3) is 5.63. The second-order valence-electron chi connectivity index (χ2n) is 2.11. The number of hydrogen-bond donors (Lipinski definition) is 3. The Hall–Kier alpha value is -1.14. The summed E-state index contributed by atoms with van der Waals surface area (Å²) >= 11 is 0. The topological polar surface area (TPSA) is 118 Å². The van der Waals surface area contributed by atoms with Crippen LogP contribution in [0.3, 0.4) is 0 Å². The molecule has 12 heavy (non-hydrogen) atoms. The van der Waals surface area contributed by atoms with Crippen LogP contribution >= 0.6 is 0 Å². The summed E-state index contributed by atoms with van der Waals surface area (Å²) in [4.78, 5) is 20.3. The summed E-state index contributed by atoms with van der Waals surface area (Å²) in [5.41, 5.74) is 0. The zero-order chi connectivity index (χ0) is 8.85. The van der Waals surface area contributed by atoms with Crippen LogP contribution in [0.15, 0.2) is 0 Å². The summed E-state index contributed by atoms with van der Waals surface area (Å²) in [6.07, 6.45) is -0.0149. The number of nitrogens with one attached hydrogen (secondary N) is 1. The van der Waals surface area contributed by atoms with Gasteiger partial charge in [-0.15, -0.1) is 0 Å². The smallest absolute Gasteiger partial charge is 0.320 e. The highest BCUT2D eigenvalue weighted by molar-refractivity contribution is 5.74. The molecule has 6 heteroatoms. The first-order valence-electron chi connectivity index (χ1n) is 3.19. The van der Waals surface area contributed by atoms with Crippen LogP contribution in [0, 0.1) is 0 Å². The summed E-state index contributed by atoms with van der Waals surface area (Å²) in [6, 6.07) is -0.758. The number of hydrogen-bond acceptors (Lipinski definition) is 3. The lowest BCUT2D eigenvalue weighted by molar-refractivity contribution is -0.140. The maximum absolute atomic E-state index is 10.3. The summed E-state index contributed by atoms with van der Waals surface area (Å²) < 4.78 is 0. The highest BCUT2D eigenvalue weighted by atomic mass is 16.4. The quantitative estimate of drug-likeness (QED) is 0.484. The summed E-state index contributed by atoms with van der Waals surface area (Å²) in [7, 11) is 1.49. The van der Waals surface area contributed by atoms with Crippen molar-refractivity contribution in [2.45, 2.75) is 18.9 Å². The number of rotatable bonds is 5. The lowest BCUT2D eigenvalue weighted by Crippen LogP contribution is -2.34. The highest BCUT2D eigenvalue weighted by Crippen LogP contribution is 1.96. The van der Waals surface area contributed by atoms with Gasteiger partial charge in [0, 0.05) is 6.42 Å². The normalized spacial score (nSPS) is 11.4. The molecule has 0 aliphatic heterocycles. The van der Waals surface area contributed by atoms with Gasteiger partial charge in [-0.25, -0.2) is 0 Å². The van der Waals surface area contributed by atoms with E-state index < -0.39 is 18.0 Å². The zero-order valence-corrected chi connectivity index (χ0v) is 6.70. The van der Waals surface area contributed by atoms with Gasteiger partial charge < -0.3 is 21.0 Å². The van der Waals surface area contributed by atoms with Crippen molar-refractivity contribution in [2.75, 3.05) is 7.05 Å². The van der Waals surface area contributed by atoms with E-state index in [-0.39, 0.29) is 18.3 Å². The molecule has 5 N–H and O–H groups in total. The predicted molar refractivity (Wildman–Crippen MR) is 41.0 cm³/mol. The largest absolute Gasteiger partial charge is 0.481 e. The Morgan fingerprint density at radius 3 is 2.17 bits per heavy atom. The second kappa shape index (κ2) is 6.56. The predicted octanol–water partition coefficient (Wildman–Crippen LogP) is -1.30. The summed E-state index contributed by atoms with van der Waals surface area (Å²) in [6.45, 7) is 0. The van der Waals surface area contributed by atoms with Gasteiger partial charge in [0.05, 0.1) is 0 Å². The van der Waals surface area contributed by atoms with E-state index in [9.17, 15) is 9.59 Å². The van der Waals surface area contributed by atoms with E-state index in [4.69, 9.17) is 10.2 Å². The van der Waals surface area contributed by atoms with Crippen LogP contribution in [0.1, 0.15) is 12.8 Å². The van der Waals surface area contributed by atoms with Crippen molar-refractivity contribution in [3.8, 4) is 0 Å². The molecule has 0 fully saturated rings. The molecular weight excluding hydrogens is 166 g/mol. The van der Waals surface area contributed by atoms with Crippen molar-refractivity contribution in [3.05, 3.63) is 0 Å². The van der Waals surface area contributed by atoms with E-state index in [1.54, 1.807) is 0 Å². The maximum Gasteiger partial charge on any atom is 0.320 e. The van der Waals surface area contributed by atoms with E-state index in [2.05, 4.69) is 5.32 Å². The third-order valence-corrected chi connectivity index (χ3v) is 1.29. The molecule has 0 aromatic rings. The summed E-state index contributed by atoms with van der Waals surface area (Å²) in [5, 5.41) is 19.1. The van der Waals surface area contributed by atoms with E-state index in [0.717, 1.165) is 0 Å². The van der Waals surface area contributed by atoms with E-state index in [1.165, 1.54) is 7.05 Å². The van der Waals surface area contributed by atoms with Gasteiger partial charge >= 0.3 is 11.9 Å². The molecule has 0 spiro atoms. The SMILES string of the molecule is CN[C@@H](CCC(=O)O)C(=O)O.O. The number of carbonyl (C=O) groups is 2. The van der Waals surface area contributed by atoms with E-state index >= 15 is 0 Å². The lowest BCUT2D eigenvalue weighted by atomic mass is 10.1. The Morgan fingerprint density at radius 1 is 1.42 bits per heavy atom. The van der Waals surface area contributed by atoms with Gasteiger partial charge in [0.2, 0.25) is 0 Å². The number of carboxylic acid groups (broad SMARTS) is 2. The lowest BCUT2D eigenvalue weighted by Gasteiger charge is -2.07. The van der Waals surface area contributed by atoms with Crippen molar-refractivity contribution >= 4 is 11.9 Å². The minimum Gasteiger partial charge on any atom is -0.481 e. The molecule has 0 bridgehead atoms. The molecule has 0 aliphatic carbocycles. The minimum atomic E-state index is -1.02. The molecule has 0 heterocycles. The molecule has 0 aromatic heterocycles. The van der Waals surface area contributed by atoms with Crippen molar-refractivity contribution < 1.29 is 25.3 Å². The molecule has 0 aliphatic rings. The van der Waals surface area contributed by atoms with Crippen LogP contribution in [0.5, 0.6) is 0 Å². The Balaban J connectivity index is 0. The van der Waals surface area contributed by atoms with Crippen LogP contribution in [-0.2, 0) is 9.59 Å². The molecule has 0 radical (unpaired) electrons. The number of carboxylic acids is 2. The molecule has 0 rings (SSSR count). The van der Waals surface area contributed by atoms with Crippen molar-refractivity contribution in [1.82, 2.24) is 5.32 Å². The first kappa shape index (κ1) is 13.4.